The number of nitrogens with zero attached hydrogens (tertiary/aromatic N) is 2. The Morgan fingerprint density at radius 3 is 2.79 bits per heavy atom. The SMILES string of the molecule is Cc1ccccc1-c1c[nH]c([S+]([O-])CCCOc2ccc([N+](=O)[O-])c(C=O)c2)n1. The van der Waals surface area contributed by atoms with Crippen molar-refractivity contribution in [2.24, 2.45) is 0 Å². The highest BCUT2D eigenvalue weighted by atomic mass is 32.2. The number of hydrogen-bond donors (Lipinski definition) is 1. The molecule has 0 aliphatic carbocycles. The van der Waals surface area contributed by atoms with Crippen molar-refractivity contribution in [1.29, 1.82) is 0 Å². The quantitative estimate of drug-likeness (QED) is 0.188. The fraction of sp³-hybridized carbons (Fsp3) is 0.200. The van der Waals surface area contributed by atoms with Crippen molar-refractivity contribution in [3.05, 3.63) is 69.9 Å². The van der Waals surface area contributed by atoms with Gasteiger partial charge < -0.3 is 14.3 Å². The molecule has 3 rings (SSSR count). The average molecular weight is 413 g/mol. The Morgan fingerprint density at radius 1 is 1.28 bits per heavy atom. The van der Waals surface area contributed by atoms with Crippen LogP contribution in [0.25, 0.3) is 11.3 Å². The van der Waals surface area contributed by atoms with Crippen molar-refractivity contribution in [2.75, 3.05) is 12.4 Å². The third kappa shape index (κ3) is 5.01. The van der Waals surface area contributed by atoms with E-state index >= 15 is 0 Å². The molecule has 0 amide bonds. The number of hydrogen-bond acceptors (Lipinski definition) is 6. The number of carbonyl (C=O) groups is 1. The van der Waals surface area contributed by atoms with Crippen LogP contribution in [0.1, 0.15) is 22.3 Å². The zero-order valence-corrected chi connectivity index (χ0v) is 16.5. The van der Waals surface area contributed by atoms with Gasteiger partial charge in [-0.3, -0.25) is 14.9 Å². The van der Waals surface area contributed by atoms with Crippen molar-refractivity contribution >= 4 is 23.1 Å². The molecule has 29 heavy (non-hydrogen) atoms. The molecule has 3 aromatic rings. The van der Waals surface area contributed by atoms with E-state index in [0.717, 1.165) is 16.8 Å². The highest BCUT2D eigenvalue weighted by Gasteiger charge is 2.17. The van der Waals surface area contributed by atoms with Gasteiger partial charge >= 0.3 is 5.16 Å². The molecule has 1 atom stereocenters. The number of ether oxygens (including phenoxy) is 1. The molecule has 0 spiro atoms. The molecular formula is C20H19N3O5S. The molecule has 0 saturated carbocycles. The molecule has 0 aliphatic rings. The third-order valence-electron chi connectivity index (χ3n) is 4.26. The van der Waals surface area contributed by atoms with Crippen LogP contribution in [0.3, 0.4) is 0 Å². The molecule has 0 aliphatic heterocycles. The number of carbonyl (C=O) groups excluding carboxylic acids is 1. The number of nitro groups is 1. The van der Waals surface area contributed by atoms with Crippen molar-refractivity contribution in [3.8, 4) is 17.0 Å². The van der Waals surface area contributed by atoms with Gasteiger partial charge in [-0.05, 0) is 24.6 Å². The third-order valence-corrected chi connectivity index (χ3v) is 5.56. The number of nitro benzene ring substituents is 1. The zero-order chi connectivity index (χ0) is 20.8. The van der Waals surface area contributed by atoms with Crippen molar-refractivity contribution in [2.45, 2.75) is 18.5 Å². The molecule has 0 bridgehead atoms. The summed E-state index contributed by atoms with van der Waals surface area (Å²) in [5, 5.41) is 11.2. The van der Waals surface area contributed by atoms with E-state index in [2.05, 4.69) is 9.97 Å². The number of H-pyrrole nitrogens is 1. The number of nitrogens with one attached hydrogen (secondary N) is 1. The maximum absolute atomic E-state index is 12.4. The lowest BCUT2D eigenvalue weighted by atomic mass is 10.1. The van der Waals surface area contributed by atoms with E-state index in [1.807, 2.05) is 31.2 Å². The van der Waals surface area contributed by atoms with Crippen LogP contribution in [0.4, 0.5) is 5.69 Å². The number of imidazole rings is 1. The molecule has 1 N–H and O–H groups in total. The van der Waals surface area contributed by atoms with Crippen molar-refractivity contribution < 1.29 is 19.0 Å². The topological polar surface area (TPSA) is 121 Å². The fourth-order valence-electron chi connectivity index (χ4n) is 2.78. The highest BCUT2D eigenvalue weighted by Crippen LogP contribution is 2.24. The van der Waals surface area contributed by atoms with Gasteiger partial charge in [0.1, 0.15) is 11.5 Å². The maximum Gasteiger partial charge on any atom is 0.321 e. The summed E-state index contributed by atoms with van der Waals surface area (Å²) in [5.41, 5.74) is 2.50. The second kappa shape index (κ2) is 9.35. The molecule has 0 fully saturated rings. The standard InChI is InChI=1S/C20H19N3O5S/c1-14-5-2-3-6-17(14)18-12-21-20(22-18)29(27)10-4-9-28-16-7-8-19(23(25)26)15(11-16)13-24/h2-3,5-8,11-13H,4,9-10H2,1H3,(H,21,22). The van der Waals surface area contributed by atoms with E-state index in [0.29, 0.717) is 29.4 Å². The summed E-state index contributed by atoms with van der Waals surface area (Å²) in [5.74, 6) is 0.692. The van der Waals surface area contributed by atoms with E-state index in [1.54, 1.807) is 6.20 Å². The van der Waals surface area contributed by atoms with E-state index in [4.69, 9.17) is 4.74 Å². The van der Waals surface area contributed by atoms with Crippen LogP contribution < -0.4 is 4.74 Å². The number of aromatic amines is 1. The number of aldehydes is 1. The first-order valence-corrected chi connectivity index (χ1v) is 10.2. The van der Waals surface area contributed by atoms with Crippen LogP contribution in [0.5, 0.6) is 5.75 Å². The van der Waals surface area contributed by atoms with Crippen LogP contribution in [0, 0.1) is 17.0 Å². The summed E-state index contributed by atoms with van der Waals surface area (Å²) in [4.78, 5) is 28.6. The first-order chi connectivity index (χ1) is 14.0. The lowest BCUT2D eigenvalue weighted by Gasteiger charge is -2.09. The Labute approximate surface area is 170 Å². The van der Waals surface area contributed by atoms with Gasteiger partial charge in [0.05, 0.1) is 22.8 Å². The van der Waals surface area contributed by atoms with Gasteiger partial charge in [-0.15, -0.1) is 0 Å². The van der Waals surface area contributed by atoms with E-state index in [1.165, 1.54) is 18.2 Å². The van der Waals surface area contributed by atoms with Crippen LogP contribution >= 0.6 is 0 Å². The van der Waals surface area contributed by atoms with Crippen LogP contribution in [-0.4, -0.2) is 38.1 Å². The Balaban J connectivity index is 1.53. The summed E-state index contributed by atoms with van der Waals surface area (Å²) in [6, 6.07) is 11.8. The number of benzene rings is 2. The molecule has 1 unspecified atom stereocenters. The Bertz CT molecular complexity index is 1020. The molecular weight excluding hydrogens is 394 g/mol. The molecule has 1 heterocycles. The van der Waals surface area contributed by atoms with Crippen molar-refractivity contribution in [3.63, 3.8) is 0 Å². The van der Waals surface area contributed by atoms with Gasteiger partial charge in [0.2, 0.25) is 0 Å². The highest BCUT2D eigenvalue weighted by molar-refractivity contribution is 7.91. The van der Waals surface area contributed by atoms with E-state index in [9.17, 15) is 19.5 Å². The van der Waals surface area contributed by atoms with Crippen LogP contribution in [0.2, 0.25) is 0 Å². The van der Waals surface area contributed by atoms with Gasteiger partial charge in [0.15, 0.2) is 6.29 Å². The summed E-state index contributed by atoms with van der Waals surface area (Å²) >= 11 is -1.31. The largest absolute Gasteiger partial charge is 0.609 e. The van der Waals surface area contributed by atoms with Gasteiger partial charge in [0, 0.05) is 35.4 Å². The van der Waals surface area contributed by atoms with Gasteiger partial charge in [-0.25, -0.2) is 0 Å². The fourth-order valence-corrected chi connectivity index (χ4v) is 3.74. The lowest BCUT2D eigenvalue weighted by Crippen LogP contribution is -2.12. The normalized spacial score (nSPS) is 11.8. The second-order valence-electron chi connectivity index (χ2n) is 6.25. The summed E-state index contributed by atoms with van der Waals surface area (Å²) in [6.45, 7) is 2.25. The predicted octanol–water partition coefficient (Wildman–Crippen LogP) is 3.68. The summed E-state index contributed by atoms with van der Waals surface area (Å²) in [6.07, 6.45) is 2.65. The minimum atomic E-state index is -1.31. The van der Waals surface area contributed by atoms with Gasteiger partial charge in [0.25, 0.3) is 5.69 Å². The lowest BCUT2D eigenvalue weighted by molar-refractivity contribution is -0.385. The molecule has 1 aromatic heterocycles. The smallest absolute Gasteiger partial charge is 0.321 e. The van der Waals surface area contributed by atoms with Crippen molar-refractivity contribution in [1.82, 2.24) is 9.97 Å². The summed E-state index contributed by atoms with van der Waals surface area (Å²) < 4.78 is 18.0. The zero-order valence-electron chi connectivity index (χ0n) is 15.7. The van der Waals surface area contributed by atoms with Crippen LogP contribution in [0.15, 0.2) is 53.8 Å². The molecule has 8 nitrogen and oxygen atoms in total. The Morgan fingerprint density at radius 2 is 2.07 bits per heavy atom. The average Bonchev–Trinajstić information content (AvgIpc) is 3.21. The monoisotopic (exact) mass is 413 g/mol. The van der Waals surface area contributed by atoms with Crippen LogP contribution in [-0.2, 0) is 11.2 Å². The minimum Gasteiger partial charge on any atom is -0.609 e. The molecule has 9 heteroatoms. The molecule has 150 valence electrons. The number of aromatic nitrogens is 2. The number of rotatable bonds is 9. The predicted molar refractivity (Wildman–Crippen MR) is 109 cm³/mol. The minimum absolute atomic E-state index is 0.0459. The Hall–Kier alpha value is -3.17. The Kier molecular flexibility index (Phi) is 6.63. The maximum atomic E-state index is 12.4. The van der Waals surface area contributed by atoms with Gasteiger partial charge in [-0.1, -0.05) is 24.3 Å². The molecule has 2 aromatic carbocycles. The first kappa shape index (κ1) is 20.6. The first-order valence-electron chi connectivity index (χ1n) is 8.86. The van der Waals surface area contributed by atoms with E-state index in [-0.39, 0.29) is 17.9 Å². The van der Waals surface area contributed by atoms with Gasteiger partial charge in [-0.2, -0.15) is 4.98 Å². The number of aryl methyl sites for hydroxylation is 1. The summed E-state index contributed by atoms with van der Waals surface area (Å²) in [7, 11) is 0. The molecule has 0 radical (unpaired) electrons. The molecule has 0 saturated heterocycles. The second-order valence-corrected chi connectivity index (χ2v) is 7.74. The van der Waals surface area contributed by atoms with E-state index < -0.39 is 16.1 Å².